The second-order valence-corrected chi connectivity index (χ2v) is 7.09. The van der Waals surface area contributed by atoms with Crippen LogP contribution in [0.5, 0.6) is 0 Å². The van der Waals surface area contributed by atoms with Crippen molar-refractivity contribution < 1.29 is 14.4 Å². The predicted molar refractivity (Wildman–Crippen MR) is 98.0 cm³/mol. The summed E-state index contributed by atoms with van der Waals surface area (Å²) in [5.74, 6) is 5.00. The molecule has 1 heterocycles. The molecule has 4 N–H and O–H groups in total. The van der Waals surface area contributed by atoms with Crippen LogP contribution in [0.3, 0.4) is 0 Å². The topological polar surface area (TPSA) is 110 Å². The van der Waals surface area contributed by atoms with E-state index in [0.29, 0.717) is 17.5 Å². The number of carbonyl (C=O) groups is 3. The molecular weight excluding hydrogens is 332 g/mol. The average Bonchev–Trinajstić information content (AvgIpc) is 2.92. The molecule has 1 aliphatic carbocycles. The minimum absolute atomic E-state index is 0.106. The van der Waals surface area contributed by atoms with E-state index in [1.165, 1.54) is 6.42 Å². The van der Waals surface area contributed by atoms with Crippen LogP contribution >= 0.6 is 0 Å². The van der Waals surface area contributed by atoms with Gasteiger partial charge in [-0.05, 0) is 37.5 Å². The summed E-state index contributed by atoms with van der Waals surface area (Å²) in [5, 5.41) is 1.03. The van der Waals surface area contributed by atoms with Crippen molar-refractivity contribution >= 4 is 23.4 Å². The Kier molecular flexibility index (Phi) is 5.27. The Bertz CT molecular complexity index is 727. The number of hydrazine groups is 1. The minimum atomic E-state index is -0.898. The van der Waals surface area contributed by atoms with Crippen molar-refractivity contribution in [2.24, 2.45) is 11.6 Å². The normalized spacial score (nSPS) is 20.2. The molecule has 3 amide bonds. The lowest BCUT2D eigenvalue weighted by molar-refractivity contribution is -0.139. The van der Waals surface area contributed by atoms with Gasteiger partial charge >= 0.3 is 0 Å². The lowest BCUT2D eigenvalue weighted by Crippen LogP contribution is -2.47. The molecule has 0 spiro atoms. The summed E-state index contributed by atoms with van der Waals surface area (Å²) in [6, 6.07) is 4.18. The maximum Gasteiger partial charge on any atom is 0.256 e. The van der Waals surface area contributed by atoms with E-state index in [-0.39, 0.29) is 24.3 Å². The molecule has 0 radical (unpaired) electrons. The number of anilines is 1. The molecule has 1 aromatic rings. The van der Waals surface area contributed by atoms with Crippen molar-refractivity contribution in [3.63, 3.8) is 0 Å². The van der Waals surface area contributed by atoms with E-state index < -0.39 is 11.9 Å². The molecule has 1 aromatic carbocycles. The highest BCUT2D eigenvalue weighted by Crippen LogP contribution is 2.42. The monoisotopic (exact) mass is 358 g/mol. The van der Waals surface area contributed by atoms with E-state index in [1.807, 2.05) is 6.92 Å². The fourth-order valence-electron chi connectivity index (χ4n) is 4.00. The number of amides is 3. The van der Waals surface area contributed by atoms with E-state index in [9.17, 15) is 14.4 Å². The van der Waals surface area contributed by atoms with Crippen molar-refractivity contribution in [2.45, 2.75) is 64.0 Å². The summed E-state index contributed by atoms with van der Waals surface area (Å²) >= 11 is 0. The molecule has 7 nitrogen and oxygen atoms in total. The first kappa shape index (κ1) is 18.4. The van der Waals surface area contributed by atoms with Gasteiger partial charge in [-0.2, -0.15) is 0 Å². The second-order valence-electron chi connectivity index (χ2n) is 7.09. The van der Waals surface area contributed by atoms with E-state index in [0.717, 1.165) is 36.4 Å². The number of carbonyl (C=O) groups excluding carboxylic acids is 3. The lowest BCUT2D eigenvalue weighted by atomic mass is 9.94. The number of fused-ring (bicyclic) bond motifs is 1. The van der Waals surface area contributed by atoms with E-state index >= 15 is 0 Å². The van der Waals surface area contributed by atoms with Gasteiger partial charge in [-0.1, -0.05) is 26.2 Å². The molecule has 2 aliphatic rings. The molecule has 26 heavy (non-hydrogen) atoms. The van der Waals surface area contributed by atoms with Crippen LogP contribution in [0.25, 0.3) is 0 Å². The quantitative estimate of drug-likeness (QED) is 0.476. The largest absolute Gasteiger partial charge is 0.366 e. The number of nitrogens with zero attached hydrogens (tertiary/aromatic N) is 2. The van der Waals surface area contributed by atoms with Crippen molar-refractivity contribution in [3.05, 3.63) is 29.3 Å². The zero-order valence-electron chi connectivity index (χ0n) is 15.1. The van der Waals surface area contributed by atoms with Crippen LogP contribution in [0.15, 0.2) is 18.2 Å². The summed E-state index contributed by atoms with van der Waals surface area (Å²) in [7, 11) is 0. The Balaban J connectivity index is 2.03. The van der Waals surface area contributed by atoms with Crippen LogP contribution in [0, 0.1) is 0 Å². The number of primary amides is 1. The first-order chi connectivity index (χ1) is 12.5. The van der Waals surface area contributed by atoms with Crippen LogP contribution in [0.2, 0.25) is 0 Å². The predicted octanol–water partition coefficient (Wildman–Crippen LogP) is 2.01. The highest BCUT2D eigenvalue weighted by atomic mass is 16.2. The third-order valence-corrected chi connectivity index (χ3v) is 5.31. The summed E-state index contributed by atoms with van der Waals surface area (Å²) in [6.45, 7) is 1.88. The van der Waals surface area contributed by atoms with Gasteiger partial charge in [0.2, 0.25) is 11.8 Å². The number of hydrogen-bond donors (Lipinski definition) is 2. The molecule has 1 atom stereocenters. The van der Waals surface area contributed by atoms with Crippen LogP contribution in [-0.4, -0.2) is 28.8 Å². The average molecular weight is 358 g/mol. The van der Waals surface area contributed by atoms with Crippen molar-refractivity contribution in [1.82, 2.24) is 5.01 Å². The van der Waals surface area contributed by atoms with Gasteiger partial charge in [-0.25, -0.2) is 5.84 Å². The van der Waals surface area contributed by atoms with Crippen molar-refractivity contribution in [3.8, 4) is 0 Å². The van der Waals surface area contributed by atoms with Crippen LogP contribution in [0.4, 0.5) is 5.69 Å². The highest BCUT2D eigenvalue weighted by molar-refractivity contribution is 6.07. The number of nitrogens with two attached hydrogens (primary N) is 2. The number of hydrogen-bond acceptors (Lipinski definition) is 4. The standard InChI is InChI=1S/C19H26N4O3/c1-2-6-16(24)23(21)17-14-11-12(18(20)25)9-10-15(14)22(19(17)26)13-7-4-3-5-8-13/h9-11,13,17H,2-8,21H2,1H3,(H2,20,25). The molecule has 7 heteroatoms. The van der Waals surface area contributed by atoms with Gasteiger partial charge in [0.25, 0.3) is 5.91 Å². The van der Waals surface area contributed by atoms with Crippen molar-refractivity contribution in [1.29, 1.82) is 0 Å². The molecule has 3 rings (SSSR count). The van der Waals surface area contributed by atoms with Crippen LogP contribution in [0.1, 0.15) is 73.8 Å². The summed E-state index contributed by atoms with van der Waals surface area (Å²) < 4.78 is 0. The van der Waals surface area contributed by atoms with Crippen molar-refractivity contribution in [2.75, 3.05) is 4.90 Å². The molecule has 140 valence electrons. The Hall–Kier alpha value is -2.41. The van der Waals surface area contributed by atoms with Gasteiger partial charge in [0.1, 0.15) is 0 Å². The smallest absolute Gasteiger partial charge is 0.256 e. The Labute approximate surface area is 153 Å². The third kappa shape index (κ3) is 3.19. The van der Waals surface area contributed by atoms with Gasteiger partial charge in [0, 0.05) is 29.3 Å². The molecule has 1 unspecified atom stereocenters. The zero-order chi connectivity index (χ0) is 18.8. The summed E-state index contributed by atoms with van der Waals surface area (Å²) in [5.41, 5.74) is 7.03. The summed E-state index contributed by atoms with van der Waals surface area (Å²) in [4.78, 5) is 38.9. The van der Waals surface area contributed by atoms with Gasteiger partial charge < -0.3 is 10.6 Å². The van der Waals surface area contributed by atoms with E-state index in [1.54, 1.807) is 23.1 Å². The molecule has 1 fully saturated rings. The fourth-order valence-corrected chi connectivity index (χ4v) is 4.00. The fraction of sp³-hybridized carbons (Fsp3) is 0.526. The highest BCUT2D eigenvalue weighted by Gasteiger charge is 2.44. The molecule has 1 aliphatic heterocycles. The lowest BCUT2D eigenvalue weighted by Gasteiger charge is -2.32. The van der Waals surface area contributed by atoms with Gasteiger partial charge in [0.15, 0.2) is 6.04 Å². The minimum Gasteiger partial charge on any atom is -0.366 e. The Morgan fingerprint density at radius 3 is 2.54 bits per heavy atom. The molecular formula is C19H26N4O3. The number of rotatable bonds is 5. The molecule has 1 saturated carbocycles. The van der Waals surface area contributed by atoms with E-state index in [2.05, 4.69) is 0 Å². The SMILES string of the molecule is CCCC(=O)N(N)C1C(=O)N(C2CCCCC2)c2ccc(C(N)=O)cc21. The molecule has 0 aromatic heterocycles. The Morgan fingerprint density at radius 2 is 1.92 bits per heavy atom. The molecule has 0 bridgehead atoms. The number of benzene rings is 1. The first-order valence-electron chi connectivity index (χ1n) is 9.29. The maximum absolute atomic E-state index is 13.2. The van der Waals surface area contributed by atoms with Crippen LogP contribution in [-0.2, 0) is 9.59 Å². The molecule has 0 saturated heterocycles. The maximum atomic E-state index is 13.2. The second kappa shape index (κ2) is 7.45. The van der Waals surface area contributed by atoms with Gasteiger partial charge in [0.05, 0.1) is 0 Å². The summed E-state index contributed by atoms with van der Waals surface area (Å²) in [6.07, 6.45) is 6.12. The van der Waals surface area contributed by atoms with Gasteiger partial charge in [-0.15, -0.1) is 0 Å². The zero-order valence-corrected chi connectivity index (χ0v) is 15.1. The Morgan fingerprint density at radius 1 is 1.23 bits per heavy atom. The third-order valence-electron chi connectivity index (χ3n) is 5.31. The first-order valence-corrected chi connectivity index (χ1v) is 9.29. The van der Waals surface area contributed by atoms with Crippen LogP contribution < -0.4 is 16.5 Å². The van der Waals surface area contributed by atoms with E-state index in [4.69, 9.17) is 11.6 Å². The van der Waals surface area contributed by atoms with Gasteiger partial charge in [-0.3, -0.25) is 19.4 Å².